The van der Waals surface area contributed by atoms with E-state index in [2.05, 4.69) is 15.0 Å². The molecule has 1 fully saturated rings. The van der Waals surface area contributed by atoms with Crippen LogP contribution in [0.25, 0.3) is 22.7 Å². The second-order valence-corrected chi connectivity index (χ2v) is 9.55. The molecular weight excluding hydrogens is 478 g/mol. The van der Waals surface area contributed by atoms with Crippen LogP contribution >= 0.6 is 0 Å². The zero-order valence-electron chi connectivity index (χ0n) is 16.9. The van der Waals surface area contributed by atoms with Gasteiger partial charge in [-0.15, -0.1) is 0 Å². The van der Waals surface area contributed by atoms with E-state index in [-0.39, 0.29) is 17.0 Å². The number of sulfone groups is 1. The summed E-state index contributed by atoms with van der Waals surface area (Å²) in [5, 5.41) is 0. The maximum Gasteiger partial charge on any atom is 0.417 e. The molecule has 1 atom stereocenters. The zero-order chi connectivity index (χ0) is 24.2. The topological polar surface area (TPSA) is 87.0 Å². The highest BCUT2D eigenvalue weighted by Gasteiger charge is 2.36. The molecule has 4 heterocycles. The Kier molecular flexibility index (Phi) is 5.63. The summed E-state index contributed by atoms with van der Waals surface area (Å²) in [7, 11) is -2.98. The third-order valence-corrected chi connectivity index (χ3v) is 6.98. The molecule has 1 aliphatic heterocycles. The van der Waals surface area contributed by atoms with Crippen molar-refractivity contribution >= 4 is 21.0 Å². The first-order valence-corrected chi connectivity index (χ1v) is 11.2. The Morgan fingerprint density at radius 2 is 1.70 bits per heavy atom. The fourth-order valence-electron chi connectivity index (χ4n) is 3.56. The molecule has 178 valence electrons. The molecular formula is C19H16F6N4O3S. The van der Waals surface area contributed by atoms with E-state index in [0.717, 1.165) is 6.07 Å². The predicted octanol–water partition coefficient (Wildman–Crippen LogP) is 4.02. The number of halogens is 6. The third kappa shape index (κ3) is 4.53. The molecule has 0 aromatic carbocycles. The van der Waals surface area contributed by atoms with Crippen molar-refractivity contribution in [1.82, 2.24) is 19.5 Å². The Bertz CT molecular complexity index is 1310. The number of ether oxygens (including phenoxy) is 1. The van der Waals surface area contributed by atoms with Gasteiger partial charge in [-0.2, -0.15) is 26.3 Å². The number of aryl methyl sites for hydroxylation is 1. The second kappa shape index (κ2) is 7.94. The Morgan fingerprint density at radius 1 is 1.06 bits per heavy atom. The summed E-state index contributed by atoms with van der Waals surface area (Å²) in [5.41, 5.74) is -3.02. The smallest absolute Gasteiger partial charge is 0.377 e. The molecule has 33 heavy (non-hydrogen) atoms. The first-order valence-electron chi connectivity index (χ1n) is 9.59. The molecule has 4 rings (SSSR count). The highest BCUT2D eigenvalue weighted by molar-refractivity contribution is 7.91. The van der Waals surface area contributed by atoms with Gasteiger partial charge in [0.2, 0.25) is 0 Å². The van der Waals surface area contributed by atoms with Gasteiger partial charge in [0.1, 0.15) is 11.2 Å². The van der Waals surface area contributed by atoms with Gasteiger partial charge in [0, 0.05) is 26.0 Å². The fourth-order valence-corrected chi connectivity index (χ4v) is 5.23. The Balaban J connectivity index is 1.90. The van der Waals surface area contributed by atoms with Gasteiger partial charge in [-0.1, -0.05) is 0 Å². The highest BCUT2D eigenvalue weighted by Crippen LogP contribution is 2.36. The van der Waals surface area contributed by atoms with Crippen LogP contribution in [0, 0.1) is 0 Å². The summed E-state index contributed by atoms with van der Waals surface area (Å²) in [6.45, 7) is 0.339. The van der Waals surface area contributed by atoms with Gasteiger partial charge >= 0.3 is 12.4 Å². The number of hydrogen-bond acceptors (Lipinski definition) is 6. The van der Waals surface area contributed by atoms with E-state index in [1.807, 2.05) is 0 Å². The van der Waals surface area contributed by atoms with Crippen LogP contribution in [0.1, 0.15) is 24.0 Å². The van der Waals surface area contributed by atoms with Gasteiger partial charge < -0.3 is 9.30 Å². The van der Waals surface area contributed by atoms with E-state index >= 15 is 0 Å². The normalized spacial score (nSPS) is 17.7. The first-order chi connectivity index (χ1) is 15.3. The summed E-state index contributed by atoms with van der Waals surface area (Å²) in [4.78, 5) is 10.7. The highest BCUT2D eigenvalue weighted by atomic mass is 32.2. The van der Waals surface area contributed by atoms with Crippen molar-refractivity contribution in [3.63, 3.8) is 0 Å². The molecule has 0 radical (unpaired) electrons. The third-order valence-electron chi connectivity index (χ3n) is 5.19. The summed E-state index contributed by atoms with van der Waals surface area (Å²) >= 11 is 0. The summed E-state index contributed by atoms with van der Waals surface area (Å²) in [6.07, 6.45) is -8.16. The largest absolute Gasteiger partial charge is 0.417 e. The SMILES string of the molecule is Cn1c(-c2ncc(C(F)(F)F)cc2S(=O)(=O)CC2CCCO2)nc2cc(C(F)(F)F)cnc21. The first kappa shape index (κ1) is 23.4. The van der Waals surface area contributed by atoms with Crippen molar-refractivity contribution in [3.8, 4) is 11.5 Å². The van der Waals surface area contributed by atoms with Gasteiger partial charge in [0.15, 0.2) is 21.3 Å². The number of hydrogen-bond donors (Lipinski definition) is 0. The Morgan fingerprint density at radius 3 is 2.30 bits per heavy atom. The number of aromatic nitrogens is 4. The molecule has 3 aromatic heterocycles. The van der Waals surface area contributed by atoms with E-state index in [4.69, 9.17) is 4.74 Å². The number of pyridine rings is 2. The van der Waals surface area contributed by atoms with Crippen LogP contribution in [-0.2, 0) is 34.0 Å². The van der Waals surface area contributed by atoms with E-state index in [0.29, 0.717) is 37.9 Å². The quantitative estimate of drug-likeness (QED) is 0.510. The lowest BCUT2D eigenvalue weighted by molar-refractivity contribution is -0.138. The molecule has 14 heteroatoms. The van der Waals surface area contributed by atoms with E-state index < -0.39 is 55.8 Å². The minimum absolute atomic E-state index is 0.0258. The molecule has 3 aromatic rings. The maximum absolute atomic E-state index is 13.3. The van der Waals surface area contributed by atoms with Gasteiger partial charge in [-0.05, 0) is 25.0 Å². The molecule has 0 bridgehead atoms. The number of fused-ring (bicyclic) bond motifs is 1. The lowest BCUT2D eigenvalue weighted by atomic mass is 10.2. The molecule has 1 unspecified atom stereocenters. The van der Waals surface area contributed by atoms with Gasteiger partial charge in [-0.3, -0.25) is 4.98 Å². The van der Waals surface area contributed by atoms with E-state index in [1.165, 1.54) is 11.6 Å². The fraction of sp³-hybridized carbons (Fsp3) is 0.421. The van der Waals surface area contributed by atoms with Gasteiger partial charge in [-0.25, -0.2) is 18.4 Å². The zero-order valence-corrected chi connectivity index (χ0v) is 17.7. The Labute approximate surface area is 183 Å². The van der Waals surface area contributed by atoms with Gasteiger partial charge in [0.25, 0.3) is 0 Å². The number of alkyl halides is 6. The monoisotopic (exact) mass is 494 g/mol. The van der Waals surface area contributed by atoms with Crippen LogP contribution in [0.4, 0.5) is 26.3 Å². The van der Waals surface area contributed by atoms with E-state index in [1.54, 1.807) is 0 Å². The Hall–Kier alpha value is -2.74. The van der Waals surface area contributed by atoms with Crippen molar-refractivity contribution in [2.75, 3.05) is 12.4 Å². The average Bonchev–Trinajstić information content (AvgIpc) is 3.33. The lowest BCUT2D eigenvalue weighted by Crippen LogP contribution is -2.22. The van der Waals surface area contributed by atoms with E-state index in [9.17, 15) is 34.8 Å². The molecule has 0 spiro atoms. The van der Waals surface area contributed by atoms with Crippen LogP contribution in [-0.4, -0.2) is 46.4 Å². The van der Waals surface area contributed by atoms with Crippen LogP contribution < -0.4 is 0 Å². The summed E-state index contributed by atoms with van der Waals surface area (Å²) in [6, 6.07) is 1.18. The molecule has 0 N–H and O–H groups in total. The van der Waals surface area contributed by atoms with Crippen LogP contribution in [0.5, 0.6) is 0 Å². The molecule has 0 aliphatic carbocycles. The van der Waals surface area contributed by atoms with Crippen molar-refractivity contribution in [1.29, 1.82) is 0 Å². The summed E-state index contributed by atoms with van der Waals surface area (Å²) in [5.74, 6) is -0.805. The molecule has 1 aliphatic rings. The minimum atomic E-state index is -4.87. The number of nitrogens with zero attached hydrogens (tertiary/aromatic N) is 4. The average molecular weight is 494 g/mol. The maximum atomic E-state index is 13.3. The van der Waals surface area contributed by atoms with Crippen molar-refractivity contribution in [3.05, 3.63) is 35.7 Å². The molecule has 0 amide bonds. The minimum Gasteiger partial charge on any atom is -0.377 e. The van der Waals surface area contributed by atoms with Crippen molar-refractivity contribution in [2.45, 2.75) is 36.2 Å². The van der Waals surface area contributed by atoms with Gasteiger partial charge in [0.05, 0.1) is 27.9 Å². The molecule has 0 saturated carbocycles. The number of rotatable bonds is 4. The van der Waals surface area contributed by atoms with Crippen LogP contribution in [0.15, 0.2) is 29.4 Å². The standard InChI is InChI=1S/C19H16F6N4O3S/c1-29-16-13(5-10(8-27-16)18(20,21)22)28-17(29)15-14(6-11(7-26-15)19(23,24)25)33(30,31)9-12-3-2-4-32-12/h5-8,12H,2-4,9H2,1H3. The predicted molar refractivity (Wildman–Crippen MR) is 103 cm³/mol. The van der Waals surface area contributed by atoms with Crippen molar-refractivity contribution in [2.24, 2.45) is 7.05 Å². The lowest BCUT2D eigenvalue weighted by Gasteiger charge is -2.15. The second-order valence-electron chi connectivity index (χ2n) is 7.54. The van der Waals surface area contributed by atoms with Crippen molar-refractivity contribution < 1.29 is 39.5 Å². The number of imidazole rings is 1. The van der Waals surface area contributed by atoms with Crippen LogP contribution in [0.2, 0.25) is 0 Å². The molecule has 1 saturated heterocycles. The molecule has 7 nitrogen and oxygen atoms in total. The van der Waals surface area contributed by atoms with Crippen LogP contribution in [0.3, 0.4) is 0 Å². The summed E-state index contributed by atoms with van der Waals surface area (Å²) < 4.78 is 112.